The predicted molar refractivity (Wildman–Crippen MR) is 176 cm³/mol. The zero-order valence-electron chi connectivity index (χ0n) is 29.2. The summed E-state index contributed by atoms with van der Waals surface area (Å²) >= 11 is 0. The van der Waals surface area contributed by atoms with Crippen LogP contribution in [0, 0.1) is 23.6 Å². The van der Waals surface area contributed by atoms with Crippen molar-refractivity contribution in [2.45, 2.75) is 103 Å². The molecule has 0 bridgehead atoms. The number of aromatic nitrogens is 2. The Bertz CT molecular complexity index is 1580. The van der Waals surface area contributed by atoms with Crippen LogP contribution >= 0.6 is 0 Å². The number of halogens is 4. The summed E-state index contributed by atoms with van der Waals surface area (Å²) in [5, 5.41) is 9.74. The Kier molecular flexibility index (Phi) is 10.5. The lowest BCUT2D eigenvalue weighted by Gasteiger charge is -2.43. The second-order valence-electron chi connectivity index (χ2n) is 14.9. The predicted octanol–water partition coefficient (Wildman–Crippen LogP) is 5.89. The van der Waals surface area contributed by atoms with Crippen LogP contribution in [-0.2, 0) is 14.3 Å². The summed E-state index contributed by atoms with van der Waals surface area (Å²) in [6.07, 6.45) is -0.490. The molecule has 2 heterocycles. The van der Waals surface area contributed by atoms with E-state index in [1.807, 2.05) is 13.8 Å². The van der Waals surface area contributed by atoms with Crippen LogP contribution in [0.1, 0.15) is 95.2 Å². The third-order valence-electron chi connectivity index (χ3n) is 9.49. The van der Waals surface area contributed by atoms with Gasteiger partial charge in [-0.2, -0.15) is 18.3 Å². The lowest BCUT2D eigenvalue weighted by Crippen LogP contribution is -2.62. The molecule has 3 fully saturated rings. The van der Waals surface area contributed by atoms with Gasteiger partial charge in [0, 0.05) is 25.3 Å². The summed E-state index contributed by atoms with van der Waals surface area (Å²) < 4.78 is 64.9. The van der Waals surface area contributed by atoms with Crippen molar-refractivity contribution < 1.29 is 41.5 Å². The van der Waals surface area contributed by atoms with E-state index in [4.69, 9.17) is 4.74 Å². The fraction of sp³-hybridized carbons (Fsp3) is 0.629. The number of hydrogen-bond acceptors (Lipinski definition) is 6. The van der Waals surface area contributed by atoms with Crippen LogP contribution in [0.3, 0.4) is 0 Å². The molecule has 1 saturated heterocycles. The van der Waals surface area contributed by atoms with E-state index in [0.717, 1.165) is 36.6 Å². The molecule has 1 aromatic carbocycles. The van der Waals surface area contributed by atoms with Crippen molar-refractivity contribution in [1.82, 2.24) is 24.9 Å². The van der Waals surface area contributed by atoms with Crippen molar-refractivity contribution in [2.24, 2.45) is 17.8 Å². The minimum Gasteiger partial charge on any atom is -0.444 e. The number of carbonyl (C=O) groups is 4. The van der Waals surface area contributed by atoms with Gasteiger partial charge < -0.3 is 25.2 Å². The Balaban J connectivity index is 1.30. The minimum absolute atomic E-state index is 0.0937. The Labute approximate surface area is 289 Å². The van der Waals surface area contributed by atoms with Gasteiger partial charge >= 0.3 is 12.3 Å². The summed E-state index contributed by atoms with van der Waals surface area (Å²) in [6, 6.07) is 1.94. The standard InChI is InChI=1S/C35H46F4N6O5/c1-19(2)45-26(13-14-40-45)30(46)42-29(28(21-7-8-21)22-9-10-22)31(47)41-25-12-11-23(17-24(25)36)20(3)32(48)44-16-15-43(18-27(44)35(37,38)39)33(49)50-34(4,5)6/h11-14,17,19-22,27-29H,7-10,15-16,18H2,1-6H3,(H,41,47)(H,42,46)/t20?,27?,29-/m0/s1. The van der Waals surface area contributed by atoms with Crippen LogP contribution in [0.15, 0.2) is 30.5 Å². The van der Waals surface area contributed by atoms with Crippen LogP contribution in [0.2, 0.25) is 0 Å². The van der Waals surface area contributed by atoms with E-state index in [9.17, 15) is 32.3 Å². The molecular weight excluding hydrogens is 660 g/mol. The highest BCUT2D eigenvalue weighted by Crippen LogP contribution is 2.51. The Morgan fingerprint density at radius 1 is 0.960 bits per heavy atom. The molecule has 0 radical (unpaired) electrons. The molecule has 3 aliphatic rings. The molecule has 2 saturated carbocycles. The van der Waals surface area contributed by atoms with Gasteiger partial charge in [-0.3, -0.25) is 19.1 Å². The number of rotatable bonds is 10. The van der Waals surface area contributed by atoms with Gasteiger partial charge in [0.05, 0.1) is 18.2 Å². The molecule has 50 heavy (non-hydrogen) atoms. The third kappa shape index (κ3) is 8.58. The summed E-state index contributed by atoms with van der Waals surface area (Å²) in [5.74, 6) is -3.56. The molecule has 2 N–H and O–H groups in total. The minimum atomic E-state index is -4.84. The molecule has 2 aliphatic carbocycles. The maximum absolute atomic E-state index is 15.6. The number of piperazine rings is 1. The molecule has 1 aliphatic heterocycles. The van der Waals surface area contributed by atoms with E-state index in [0.29, 0.717) is 10.6 Å². The summed E-state index contributed by atoms with van der Waals surface area (Å²) in [6.45, 7) is 8.60. The molecule has 1 aromatic heterocycles. The van der Waals surface area contributed by atoms with Crippen molar-refractivity contribution in [2.75, 3.05) is 25.0 Å². The molecule has 3 atom stereocenters. The lowest BCUT2D eigenvalue weighted by atomic mass is 9.88. The molecule has 2 aromatic rings. The highest BCUT2D eigenvalue weighted by molar-refractivity contribution is 6.01. The van der Waals surface area contributed by atoms with Crippen molar-refractivity contribution in [1.29, 1.82) is 0 Å². The fourth-order valence-electron chi connectivity index (χ4n) is 6.67. The molecule has 15 heteroatoms. The molecule has 4 amide bonds. The van der Waals surface area contributed by atoms with Crippen molar-refractivity contribution >= 4 is 29.5 Å². The Hall–Kier alpha value is -4.17. The van der Waals surface area contributed by atoms with Crippen LogP contribution in [0.4, 0.5) is 28.0 Å². The number of nitrogens with zero attached hydrogens (tertiary/aromatic N) is 4. The smallest absolute Gasteiger partial charge is 0.410 e. The third-order valence-corrected chi connectivity index (χ3v) is 9.49. The van der Waals surface area contributed by atoms with Crippen LogP contribution in [0.5, 0.6) is 0 Å². The normalized spacial score (nSPS) is 19.7. The highest BCUT2D eigenvalue weighted by Gasteiger charge is 2.51. The van der Waals surface area contributed by atoms with Gasteiger partial charge in [-0.05, 0) is 109 Å². The van der Waals surface area contributed by atoms with Crippen molar-refractivity contribution in [3.8, 4) is 0 Å². The first-order chi connectivity index (χ1) is 23.4. The maximum Gasteiger partial charge on any atom is 0.410 e. The number of nitrogens with one attached hydrogen (secondary N) is 2. The zero-order chi connectivity index (χ0) is 36.7. The molecular formula is C35H46F4N6O5. The van der Waals surface area contributed by atoms with Gasteiger partial charge in [-0.1, -0.05) is 6.07 Å². The SMILES string of the molecule is CC(C(=O)N1CCN(C(=O)OC(C)(C)C)CC1C(F)(F)F)c1ccc(NC(=O)[C@@H](NC(=O)c2ccnn2C(C)C)C(C2CC2)C2CC2)c(F)c1. The molecule has 11 nitrogen and oxygen atoms in total. The fourth-order valence-corrected chi connectivity index (χ4v) is 6.67. The second-order valence-corrected chi connectivity index (χ2v) is 14.9. The van der Waals surface area contributed by atoms with Gasteiger partial charge in [0.2, 0.25) is 11.8 Å². The van der Waals surface area contributed by atoms with E-state index in [1.54, 1.807) is 31.5 Å². The second kappa shape index (κ2) is 14.2. The van der Waals surface area contributed by atoms with E-state index in [-0.39, 0.29) is 41.6 Å². The number of anilines is 1. The first kappa shape index (κ1) is 37.1. The first-order valence-corrected chi connectivity index (χ1v) is 17.2. The van der Waals surface area contributed by atoms with E-state index in [1.165, 1.54) is 25.3 Å². The molecule has 5 rings (SSSR count). The number of benzene rings is 1. The largest absolute Gasteiger partial charge is 0.444 e. The van der Waals surface area contributed by atoms with Crippen molar-refractivity contribution in [3.63, 3.8) is 0 Å². The molecule has 2 unspecified atom stereocenters. The number of carbonyl (C=O) groups excluding carboxylic acids is 4. The average Bonchev–Trinajstić information content (AvgIpc) is 3.98. The number of alkyl halides is 3. The van der Waals surface area contributed by atoms with Gasteiger partial charge in [-0.25, -0.2) is 9.18 Å². The Morgan fingerprint density at radius 2 is 1.60 bits per heavy atom. The zero-order valence-corrected chi connectivity index (χ0v) is 29.2. The first-order valence-electron chi connectivity index (χ1n) is 17.2. The number of hydrogen-bond donors (Lipinski definition) is 2. The summed E-state index contributed by atoms with van der Waals surface area (Å²) in [7, 11) is 0. The van der Waals surface area contributed by atoms with Gasteiger partial charge in [0.15, 0.2) is 0 Å². The van der Waals surface area contributed by atoms with Gasteiger partial charge in [0.1, 0.15) is 29.2 Å². The molecule has 0 spiro atoms. The Morgan fingerprint density at radius 3 is 2.14 bits per heavy atom. The van der Waals surface area contributed by atoms with E-state index >= 15 is 4.39 Å². The highest BCUT2D eigenvalue weighted by atomic mass is 19.4. The van der Waals surface area contributed by atoms with Crippen LogP contribution in [-0.4, -0.2) is 86.9 Å². The van der Waals surface area contributed by atoms with E-state index in [2.05, 4.69) is 15.7 Å². The topological polar surface area (TPSA) is 126 Å². The average molecular weight is 707 g/mol. The van der Waals surface area contributed by atoms with Crippen molar-refractivity contribution in [3.05, 3.63) is 47.5 Å². The summed E-state index contributed by atoms with van der Waals surface area (Å²) in [4.78, 5) is 54.8. The van der Waals surface area contributed by atoms with Gasteiger partial charge in [-0.15, -0.1) is 0 Å². The molecule has 274 valence electrons. The maximum atomic E-state index is 15.6. The number of amides is 4. The van der Waals surface area contributed by atoms with Gasteiger partial charge in [0.25, 0.3) is 5.91 Å². The summed E-state index contributed by atoms with van der Waals surface area (Å²) in [5.41, 5.74) is -0.683. The van der Waals surface area contributed by atoms with E-state index < -0.39 is 72.5 Å². The lowest BCUT2D eigenvalue weighted by molar-refractivity contribution is -0.200. The van der Waals surface area contributed by atoms with Crippen LogP contribution < -0.4 is 10.6 Å². The quantitative estimate of drug-likeness (QED) is 0.297. The van der Waals surface area contributed by atoms with Crippen LogP contribution in [0.25, 0.3) is 0 Å². The number of ether oxygens (including phenoxy) is 1. The monoisotopic (exact) mass is 706 g/mol.